The third-order valence-electron chi connectivity index (χ3n) is 4.20. The van der Waals surface area contributed by atoms with Crippen molar-refractivity contribution < 1.29 is 27.0 Å². The number of hydrogen-bond donors (Lipinski definition) is 2. The highest BCUT2D eigenvalue weighted by atomic mass is 32.2. The number of anilines is 1. The zero-order chi connectivity index (χ0) is 19.8. The highest BCUT2D eigenvalue weighted by Crippen LogP contribution is 2.32. The number of nitriles is 1. The van der Waals surface area contributed by atoms with Crippen molar-refractivity contribution in [1.82, 2.24) is 0 Å². The minimum absolute atomic E-state index is 0.0125. The Balaban J connectivity index is 2.19. The first-order valence-corrected chi connectivity index (χ1v) is 11.1. The van der Waals surface area contributed by atoms with E-state index in [0.717, 1.165) is 4.31 Å². The molecular weight excluding hydrogens is 392 g/mol. The molecule has 0 radical (unpaired) electrons. The molecule has 0 bridgehead atoms. The molecule has 1 aliphatic rings. The molecule has 1 saturated heterocycles. The number of benzene rings is 2. The summed E-state index contributed by atoms with van der Waals surface area (Å²) in [6, 6.07) is 11.2. The summed E-state index contributed by atoms with van der Waals surface area (Å²) >= 11 is 0. The number of aromatic hydroxyl groups is 1. The number of aliphatic hydroxyl groups excluding tert-OH is 1. The van der Waals surface area contributed by atoms with Crippen LogP contribution in [-0.2, 0) is 19.9 Å². The van der Waals surface area contributed by atoms with E-state index in [-0.39, 0.29) is 21.9 Å². The number of sulfonamides is 1. The van der Waals surface area contributed by atoms with E-state index in [1.165, 1.54) is 48.5 Å². The number of hydrogen-bond acceptors (Lipinski definition) is 7. The molecule has 2 aromatic carbocycles. The van der Waals surface area contributed by atoms with Crippen LogP contribution in [-0.4, -0.2) is 50.7 Å². The van der Waals surface area contributed by atoms with E-state index in [1.807, 2.05) is 6.07 Å². The summed E-state index contributed by atoms with van der Waals surface area (Å²) in [7, 11) is -7.96. The van der Waals surface area contributed by atoms with E-state index in [2.05, 4.69) is 0 Å². The van der Waals surface area contributed by atoms with Gasteiger partial charge in [0.25, 0.3) is 10.0 Å². The van der Waals surface area contributed by atoms with Crippen molar-refractivity contribution in [3.8, 4) is 11.8 Å². The van der Waals surface area contributed by atoms with Crippen LogP contribution in [0.4, 0.5) is 5.69 Å². The molecule has 2 aromatic rings. The fraction of sp³-hybridized carbons (Fsp3) is 0.235. The Bertz CT molecular complexity index is 1120. The van der Waals surface area contributed by atoms with Crippen LogP contribution in [0.1, 0.15) is 5.56 Å². The SMILES string of the molecule is N#Cc1cccc(S(=O)(=O)N(c2cccc(O)c2)[C@@H]2CS(=O)(=O)C[C@@H]2O)c1. The molecule has 0 saturated carbocycles. The van der Waals surface area contributed by atoms with Crippen molar-refractivity contribution in [2.45, 2.75) is 17.0 Å². The number of sulfone groups is 1. The maximum Gasteiger partial charge on any atom is 0.264 e. The van der Waals surface area contributed by atoms with E-state index in [9.17, 15) is 27.0 Å². The van der Waals surface area contributed by atoms with Crippen molar-refractivity contribution in [1.29, 1.82) is 5.26 Å². The molecule has 142 valence electrons. The molecule has 0 unspecified atom stereocenters. The summed E-state index contributed by atoms with van der Waals surface area (Å²) < 4.78 is 51.3. The number of phenols is 1. The van der Waals surface area contributed by atoms with Gasteiger partial charge in [0.1, 0.15) is 5.75 Å². The number of aliphatic hydroxyl groups is 1. The minimum atomic E-state index is -4.32. The Labute approximate surface area is 156 Å². The normalized spacial score (nSPS) is 21.5. The Hall–Kier alpha value is -2.61. The number of phenolic OH excluding ortho intramolecular Hbond substituents is 1. The maximum absolute atomic E-state index is 13.3. The van der Waals surface area contributed by atoms with E-state index in [4.69, 9.17) is 5.26 Å². The van der Waals surface area contributed by atoms with Crippen molar-refractivity contribution >= 4 is 25.5 Å². The molecular formula is C17H16N2O6S2. The molecule has 0 aromatic heterocycles. The van der Waals surface area contributed by atoms with E-state index < -0.39 is 43.5 Å². The molecule has 0 aliphatic carbocycles. The molecule has 0 spiro atoms. The van der Waals surface area contributed by atoms with E-state index in [1.54, 1.807) is 0 Å². The van der Waals surface area contributed by atoms with Gasteiger partial charge in [-0.25, -0.2) is 16.8 Å². The van der Waals surface area contributed by atoms with Gasteiger partial charge in [-0.2, -0.15) is 5.26 Å². The summed E-state index contributed by atoms with van der Waals surface area (Å²) in [6.45, 7) is 0. The lowest BCUT2D eigenvalue weighted by atomic mass is 10.2. The van der Waals surface area contributed by atoms with Crippen LogP contribution in [0.3, 0.4) is 0 Å². The second kappa shape index (κ2) is 6.84. The molecule has 27 heavy (non-hydrogen) atoms. The van der Waals surface area contributed by atoms with Crippen LogP contribution in [0.2, 0.25) is 0 Å². The smallest absolute Gasteiger partial charge is 0.264 e. The first-order chi connectivity index (χ1) is 12.6. The standard InChI is InChI=1S/C17H16N2O6S2/c18-9-12-3-1-6-15(7-12)27(24,25)19(13-4-2-5-14(20)8-13)16-10-26(22,23)11-17(16)21/h1-8,16-17,20-21H,10-11H2/t16-,17+/m1/s1. The largest absolute Gasteiger partial charge is 0.508 e. The molecule has 2 N–H and O–H groups in total. The van der Waals surface area contributed by atoms with Gasteiger partial charge in [0.05, 0.1) is 45.9 Å². The Morgan fingerprint density at radius 3 is 2.41 bits per heavy atom. The third kappa shape index (κ3) is 3.75. The predicted molar refractivity (Wildman–Crippen MR) is 97.4 cm³/mol. The quantitative estimate of drug-likeness (QED) is 0.757. The summed E-state index contributed by atoms with van der Waals surface area (Å²) in [5.74, 6) is -1.32. The Morgan fingerprint density at radius 1 is 1.11 bits per heavy atom. The summed E-state index contributed by atoms with van der Waals surface area (Å²) in [5, 5.41) is 29.0. The molecule has 1 aliphatic heterocycles. The van der Waals surface area contributed by atoms with E-state index in [0.29, 0.717) is 0 Å². The van der Waals surface area contributed by atoms with Gasteiger partial charge in [-0.15, -0.1) is 0 Å². The van der Waals surface area contributed by atoms with Crippen molar-refractivity contribution in [2.24, 2.45) is 0 Å². The highest BCUT2D eigenvalue weighted by Gasteiger charge is 2.45. The van der Waals surface area contributed by atoms with Gasteiger partial charge >= 0.3 is 0 Å². The summed E-state index contributed by atoms with van der Waals surface area (Å²) in [6.07, 6.45) is -1.42. The Kier molecular flexibility index (Phi) is 4.86. The Morgan fingerprint density at radius 2 is 1.81 bits per heavy atom. The van der Waals surface area contributed by atoms with Gasteiger partial charge in [-0.1, -0.05) is 12.1 Å². The number of rotatable bonds is 4. The molecule has 1 heterocycles. The van der Waals surface area contributed by atoms with Crippen LogP contribution in [0.25, 0.3) is 0 Å². The zero-order valence-corrected chi connectivity index (χ0v) is 15.6. The molecule has 8 nitrogen and oxygen atoms in total. The lowest BCUT2D eigenvalue weighted by Gasteiger charge is -2.31. The van der Waals surface area contributed by atoms with Crippen LogP contribution >= 0.6 is 0 Å². The van der Waals surface area contributed by atoms with Crippen LogP contribution in [0, 0.1) is 11.3 Å². The van der Waals surface area contributed by atoms with Crippen molar-refractivity contribution in [2.75, 3.05) is 15.8 Å². The van der Waals surface area contributed by atoms with Gasteiger partial charge in [0, 0.05) is 6.07 Å². The molecule has 1 fully saturated rings. The van der Waals surface area contributed by atoms with Gasteiger partial charge in [-0.05, 0) is 30.3 Å². The maximum atomic E-state index is 13.3. The highest BCUT2D eigenvalue weighted by molar-refractivity contribution is 7.93. The molecule has 0 amide bonds. The average Bonchev–Trinajstić information content (AvgIpc) is 2.87. The van der Waals surface area contributed by atoms with Gasteiger partial charge < -0.3 is 10.2 Å². The van der Waals surface area contributed by atoms with Gasteiger partial charge in [0.2, 0.25) is 0 Å². The fourth-order valence-electron chi connectivity index (χ4n) is 3.01. The fourth-order valence-corrected chi connectivity index (χ4v) is 6.59. The van der Waals surface area contributed by atoms with Crippen LogP contribution < -0.4 is 4.31 Å². The van der Waals surface area contributed by atoms with Gasteiger partial charge in [-0.3, -0.25) is 4.31 Å². The predicted octanol–water partition coefficient (Wildman–Crippen LogP) is 0.617. The minimum Gasteiger partial charge on any atom is -0.508 e. The topological polar surface area (TPSA) is 136 Å². The second-order valence-electron chi connectivity index (χ2n) is 6.17. The summed E-state index contributed by atoms with van der Waals surface area (Å²) in [5.41, 5.74) is 0.130. The van der Waals surface area contributed by atoms with Crippen LogP contribution in [0.5, 0.6) is 5.75 Å². The first kappa shape index (κ1) is 19.2. The monoisotopic (exact) mass is 408 g/mol. The third-order valence-corrected chi connectivity index (χ3v) is 7.75. The van der Waals surface area contributed by atoms with E-state index >= 15 is 0 Å². The van der Waals surface area contributed by atoms with Crippen molar-refractivity contribution in [3.63, 3.8) is 0 Å². The second-order valence-corrected chi connectivity index (χ2v) is 10.1. The molecule has 3 rings (SSSR count). The zero-order valence-electron chi connectivity index (χ0n) is 13.9. The number of nitrogens with zero attached hydrogens (tertiary/aromatic N) is 2. The van der Waals surface area contributed by atoms with Gasteiger partial charge in [0.15, 0.2) is 9.84 Å². The summed E-state index contributed by atoms with van der Waals surface area (Å²) in [4.78, 5) is -0.221. The first-order valence-electron chi connectivity index (χ1n) is 7.86. The lowest BCUT2D eigenvalue weighted by Crippen LogP contribution is -2.47. The van der Waals surface area contributed by atoms with Crippen molar-refractivity contribution in [3.05, 3.63) is 54.1 Å². The average molecular weight is 408 g/mol. The molecule has 2 atom stereocenters. The van der Waals surface area contributed by atoms with Crippen LogP contribution in [0.15, 0.2) is 53.4 Å². The molecule has 10 heteroatoms. The lowest BCUT2D eigenvalue weighted by molar-refractivity contribution is 0.184.